The molecule has 2 amide bonds. The minimum atomic E-state index is -0.842. The molecule has 3 aromatic rings. The molecule has 0 spiro atoms. The lowest BCUT2D eigenvalue weighted by Crippen LogP contribution is -2.21. The first-order valence-electron chi connectivity index (χ1n) is 8.82. The third-order valence-electron chi connectivity index (χ3n) is 3.98. The fourth-order valence-electron chi connectivity index (χ4n) is 2.51. The van der Waals surface area contributed by atoms with E-state index in [1.807, 2.05) is 17.5 Å². The summed E-state index contributed by atoms with van der Waals surface area (Å²) in [5.74, 6) is 5.46. The van der Waals surface area contributed by atoms with Gasteiger partial charge in [-0.25, -0.2) is 9.97 Å². The molecule has 0 bridgehead atoms. The second-order valence-corrected chi connectivity index (χ2v) is 7.05. The molecule has 1 aromatic carbocycles. The van der Waals surface area contributed by atoms with Crippen molar-refractivity contribution in [2.75, 3.05) is 13.6 Å². The number of nitrogens with zero attached hydrogens (tertiary/aromatic N) is 3. The van der Waals surface area contributed by atoms with Crippen LogP contribution in [0, 0.1) is 24.7 Å². The van der Waals surface area contributed by atoms with Crippen LogP contribution in [-0.2, 0) is 4.79 Å². The van der Waals surface area contributed by atoms with Gasteiger partial charge in [-0.05, 0) is 23.6 Å². The van der Waals surface area contributed by atoms with Crippen LogP contribution < -0.4 is 5.73 Å². The van der Waals surface area contributed by atoms with Crippen LogP contribution in [0.15, 0.2) is 35.7 Å². The predicted octanol–water partition coefficient (Wildman–Crippen LogP) is 1.90. The molecule has 30 heavy (non-hydrogen) atoms. The van der Waals surface area contributed by atoms with Gasteiger partial charge >= 0.3 is 0 Å². The van der Waals surface area contributed by atoms with E-state index in [2.05, 4.69) is 34.7 Å². The van der Waals surface area contributed by atoms with Gasteiger partial charge in [0.15, 0.2) is 5.82 Å². The standard InChI is InChI=1S/C20H18N4O3S.C2H2/c1-24(12-25)9-7-15(26)6-5-13-3-2-4-14(11-13)20-22-16-8-10-28-18(16)17(23-20)19(21)27;1-2/h2-4,8,10-12,15,26H,7,9H2,1H3,(H2,21,27);1-2H/t15-;/m0./s1. The summed E-state index contributed by atoms with van der Waals surface area (Å²) in [6.45, 7) is 0.420. The molecule has 0 aliphatic rings. The number of carbonyl (C=O) groups excluding carboxylic acids is 2. The summed E-state index contributed by atoms with van der Waals surface area (Å²) in [6.07, 6.45) is 8.22. The number of terminal acetylenes is 1. The maximum absolute atomic E-state index is 11.7. The minimum absolute atomic E-state index is 0.196. The van der Waals surface area contributed by atoms with Crippen molar-refractivity contribution in [1.82, 2.24) is 14.9 Å². The van der Waals surface area contributed by atoms with Crippen LogP contribution >= 0.6 is 11.3 Å². The molecule has 0 aliphatic heterocycles. The van der Waals surface area contributed by atoms with Crippen molar-refractivity contribution < 1.29 is 14.7 Å². The summed E-state index contributed by atoms with van der Waals surface area (Å²) in [7, 11) is 1.64. The molecule has 0 fully saturated rings. The number of aliphatic hydroxyl groups excluding tert-OH is 1. The highest BCUT2D eigenvalue weighted by molar-refractivity contribution is 7.17. The number of amides is 2. The highest BCUT2D eigenvalue weighted by Crippen LogP contribution is 2.26. The first-order chi connectivity index (χ1) is 14.5. The van der Waals surface area contributed by atoms with Gasteiger partial charge in [-0.3, -0.25) is 9.59 Å². The summed E-state index contributed by atoms with van der Waals surface area (Å²) in [6, 6.07) is 9.03. The third kappa shape index (κ3) is 5.65. The Hall–Kier alpha value is -3.72. The van der Waals surface area contributed by atoms with E-state index in [9.17, 15) is 14.7 Å². The highest BCUT2D eigenvalue weighted by Gasteiger charge is 2.14. The maximum Gasteiger partial charge on any atom is 0.268 e. The number of carbonyl (C=O) groups is 2. The Balaban J connectivity index is 0.00000155. The van der Waals surface area contributed by atoms with E-state index in [1.165, 1.54) is 16.2 Å². The van der Waals surface area contributed by atoms with Crippen LogP contribution in [0.2, 0.25) is 0 Å². The van der Waals surface area contributed by atoms with E-state index in [0.29, 0.717) is 46.5 Å². The Morgan fingerprint density at radius 1 is 1.37 bits per heavy atom. The van der Waals surface area contributed by atoms with Gasteiger partial charge in [-0.2, -0.15) is 0 Å². The Labute approximate surface area is 178 Å². The Kier molecular flexibility index (Phi) is 8.07. The molecule has 0 unspecified atom stereocenters. The van der Waals surface area contributed by atoms with E-state index >= 15 is 0 Å². The van der Waals surface area contributed by atoms with Crippen molar-refractivity contribution in [3.63, 3.8) is 0 Å². The number of hydrogen-bond donors (Lipinski definition) is 2. The Bertz CT molecular complexity index is 1130. The second kappa shape index (κ2) is 10.7. The summed E-state index contributed by atoms with van der Waals surface area (Å²) in [4.78, 5) is 32.6. The third-order valence-corrected chi connectivity index (χ3v) is 4.89. The van der Waals surface area contributed by atoms with E-state index in [1.54, 1.807) is 25.2 Å². The van der Waals surface area contributed by atoms with Crippen LogP contribution in [0.5, 0.6) is 0 Å². The lowest BCUT2D eigenvalue weighted by molar-refractivity contribution is -0.117. The summed E-state index contributed by atoms with van der Waals surface area (Å²) in [5.41, 5.74) is 7.68. The zero-order chi connectivity index (χ0) is 22.1. The molecular weight excluding hydrogens is 400 g/mol. The average molecular weight is 420 g/mol. The zero-order valence-corrected chi connectivity index (χ0v) is 17.1. The van der Waals surface area contributed by atoms with Gasteiger partial charge < -0.3 is 15.7 Å². The highest BCUT2D eigenvalue weighted by atomic mass is 32.1. The number of hydrogen-bond acceptors (Lipinski definition) is 6. The molecule has 2 heterocycles. The van der Waals surface area contributed by atoms with E-state index in [0.717, 1.165) is 0 Å². The Morgan fingerprint density at radius 3 is 2.83 bits per heavy atom. The van der Waals surface area contributed by atoms with Gasteiger partial charge in [0, 0.05) is 31.1 Å². The quantitative estimate of drug-likeness (QED) is 0.468. The smallest absolute Gasteiger partial charge is 0.268 e. The van der Waals surface area contributed by atoms with Gasteiger partial charge in [0.1, 0.15) is 11.8 Å². The monoisotopic (exact) mass is 420 g/mol. The van der Waals surface area contributed by atoms with Crippen molar-refractivity contribution in [3.05, 3.63) is 47.0 Å². The number of aromatic nitrogens is 2. The number of rotatable bonds is 6. The molecule has 0 saturated heterocycles. The summed E-state index contributed by atoms with van der Waals surface area (Å²) >= 11 is 1.37. The average Bonchev–Trinajstić information content (AvgIpc) is 3.25. The van der Waals surface area contributed by atoms with Crippen molar-refractivity contribution in [1.29, 1.82) is 0 Å². The number of benzene rings is 1. The molecule has 3 N–H and O–H groups in total. The molecule has 2 aromatic heterocycles. The first kappa shape index (κ1) is 22.6. The number of thiophene rings is 1. The number of nitrogens with two attached hydrogens (primary N) is 1. The normalized spacial score (nSPS) is 10.8. The topological polar surface area (TPSA) is 109 Å². The van der Waals surface area contributed by atoms with Gasteiger partial charge in [-0.15, -0.1) is 24.2 Å². The molecule has 3 rings (SSSR count). The lowest BCUT2D eigenvalue weighted by atomic mass is 10.1. The molecule has 152 valence electrons. The maximum atomic E-state index is 11.7. The van der Waals surface area contributed by atoms with Crippen molar-refractivity contribution in [2.45, 2.75) is 12.5 Å². The van der Waals surface area contributed by atoms with E-state index in [-0.39, 0.29) is 5.69 Å². The van der Waals surface area contributed by atoms with Gasteiger partial charge in [0.2, 0.25) is 6.41 Å². The predicted molar refractivity (Wildman–Crippen MR) is 117 cm³/mol. The Morgan fingerprint density at radius 2 is 2.13 bits per heavy atom. The number of aliphatic hydroxyl groups is 1. The van der Waals surface area contributed by atoms with Crippen LogP contribution in [-0.4, -0.2) is 52.0 Å². The van der Waals surface area contributed by atoms with E-state index < -0.39 is 12.0 Å². The minimum Gasteiger partial charge on any atom is -0.380 e. The van der Waals surface area contributed by atoms with Crippen molar-refractivity contribution >= 4 is 33.9 Å². The second-order valence-electron chi connectivity index (χ2n) is 6.14. The molecular formula is C22H20N4O3S. The molecule has 0 aliphatic carbocycles. The fourth-order valence-corrected chi connectivity index (χ4v) is 3.34. The van der Waals surface area contributed by atoms with Crippen LogP contribution in [0.3, 0.4) is 0 Å². The fraction of sp³-hybridized carbons (Fsp3) is 0.182. The van der Waals surface area contributed by atoms with Crippen LogP contribution in [0.25, 0.3) is 21.6 Å². The van der Waals surface area contributed by atoms with E-state index in [4.69, 9.17) is 5.73 Å². The molecule has 1 atom stereocenters. The van der Waals surface area contributed by atoms with Crippen molar-refractivity contribution in [2.24, 2.45) is 5.73 Å². The van der Waals surface area contributed by atoms with Gasteiger partial charge in [0.25, 0.3) is 5.91 Å². The van der Waals surface area contributed by atoms with Crippen LogP contribution in [0.1, 0.15) is 22.5 Å². The van der Waals surface area contributed by atoms with Crippen LogP contribution in [0.4, 0.5) is 0 Å². The number of fused-ring (bicyclic) bond motifs is 1. The van der Waals surface area contributed by atoms with Gasteiger partial charge in [0.05, 0.1) is 10.2 Å². The lowest BCUT2D eigenvalue weighted by Gasteiger charge is -2.10. The zero-order valence-electron chi connectivity index (χ0n) is 16.3. The summed E-state index contributed by atoms with van der Waals surface area (Å²) < 4.78 is 0.663. The van der Waals surface area contributed by atoms with Crippen molar-refractivity contribution in [3.8, 4) is 36.1 Å². The summed E-state index contributed by atoms with van der Waals surface area (Å²) in [5, 5.41) is 11.8. The molecule has 7 nitrogen and oxygen atoms in total. The SMILES string of the molecule is C#C.CN(C=O)CC[C@@H](O)C#Cc1cccc(-c2nc(C(N)=O)c3sccc3n2)c1. The molecule has 0 saturated carbocycles. The van der Waals surface area contributed by atoms with Gasteiger partial charge in [-0.1, -0.05) is 24.0 Å². The molecule has 0 radical (unpaired) electrons. The first-order valence-corrected chi connectivity index (χ1v) is 9.70. The largest absolute Gasteiger partial charge is 0.380 e. The molecule has 8 heteroatoms. The number of primary amides is 1.